The number of methoxy groups -OCH3 is 1. The molecule has 0 amide bonds. The Labute approximate surface area is 145 Å². The van der Waals surface area contributed by atoms with E-state index < -0.39 is 0 Å². The molecule has 1 unspecified atom stereocenters. The van der Waals surface area contributed by atoms with Crippen LogP contribution >= 0.6 is 28.1 Å². The maximum absolute atomic E-state index is 5.38. The lowest BCUT2D eigenvalue weighted by molar-refractivity contribution is 0.414. The van der Waals surface area contributed by atoms with Crippen LogP contribution in [0.1, 0.15) is 24.1 Å². The summed E-state index contributed by atoms with van der Waals surface area (Å²) in [5, 5.41) is 7.09. The maximum Gasteiger partial charge on any atom is 0.171 e. The molecule has 0 spiro atoms. The molecule has 0 aliphatic heterocycles. The summed E-state index contributed by atoms with van der Waals surface area (Å²) < 4.78 is 6.25. The van der Waals surface area contributed by atoms with Crippen molar-refractivity contribution < 1.29 is 4.74 Å². The molecule has 3 nitrogen and oxygen atoms in total. The van der Waals surface area contributed by atoms with Gasteiger partial charge in [-0.25, -0.2) is 0 Å². The van der Waals surface area contributed by atoms with Crippen molar-refractivity contribution in [2.75, 3.05) is 12.4 Å². The van der Waals surface area contributed by atoms with Crippen LogP contribution in [0.15, 0.2) is 46.9 Å². The molecule has 0 heterocycles. The second kappa shape index (κ2) is 7.61. The molecule has 0 aliphatic rings. The summed E-state index contributed by atoms with van der Waals surface area (Å²) in [5.41, 5.74) is 3.29. The van der Waals surface area contributed by atoms with Crippen LogP contribution in [0.25, 0.3) is 0 Å². The van der Waals surface area contributed by atoms with Crippen LogP contribution in [0.3, 0.4) is 0 Å². The Hall–Kier alpha value is -1.59. The molecule has 116 valence electrons. The van der Waals surface area contributed by atoms with Gasteiger partial charge in [-0.15, -0.1) is 0 Å². The van der Waals surface area contributed by atoms with Crippen LogP contribution in [0.4, 0.5) is 5.69 Å². The lowest BCUT2D eigenvalue weighted by Crippen LogP contribution is -2.30. The summed E-state index contributed by atoms with van der Waals surface area (Å²) in [6.45, 7) is 4.12. The van der Waals surface area contributed by atoms with E-state index in [9.17, 15) is 0 Å². The van der Waals surface area contributed by atoms with Gasteiger partial charge in [-0.2, -0.15) is 0 Å². The van der Waals surface area contributed by atoms with Gasteiger partial charge in [0.05, 0.1) is 13.2 Å². The van der Waals surface area contributed by atoms with Gasteiger partial charge in [-0.3, -0.25) is 0 Å². The number of rotatable bonds is 4. The number of thiocarbonyl (C=S) groups is 1. The first-order chi connectivity index (χ1) is 10.5. The zero-order chi connectivity index (χ0) is 16.1. The molecule has 2 N–H and O–H groups in total. The fraction of sp³-hybridized carbons (Fsp3) is 0.235. The predicted octanol–water partition coefficient (Wildman–Crippen LogP) is 4.81. The van der Waals surface area contributed by atoms with Crippen LogP contribution in [0.5, 0.6) is 5.75 Å². The molecule has 0 saturated carbocycles. The van der Waals surface area contributed by atoms with Gasteiger partial charge in [0.2, 0.25) is 0 Å². The highest BCUT2D eigenvalue weighted by Gasteiger charge is 2.08. The van der Waals surface area contributed by atoms with Crippen molar-refractivity contribution in [3.8, 4) is 5.75 Å². The molecule has 0 aliphatic carbocycles. The maximum atomic E-state index is 5.38. The Morgan fingerprint density at radius 1 is 1.18 bits per heavy atom. The lowest BCUT2D eigenvalue weighted by atomic mass is 10.1. The number of aryl methyl sites for hydroxylation is 1. The molecule has 1 atom stereocenters. The third-order valence-electron chi connectivity index (χ3n) is 3.38. The summed E-state index contributed by atoms with van der Waals surface area (Å²) in [7, 11) is 1.66. The van der Waals surface area contributed by atoms with Gasteiger partial charge < -0.3 is 15.4 Å². The highest BCUT2D eigenvalue weighted by molar-refractivity contribution is 9.10. The van der Waals surface area contributed by atoms with Crippen LogP contribution in [0, 0.1) is 6.92 Å². The van der Waals surface area contributed by atoms with E-state index in [1.807, 2.05) is 43.3 Å². The fourth-order valence-electron chi connectivity index (χ4n) is 2.06. The Morgan fingerprint density at radius 3 is 2.45 bits per heavy atom. The summed E-state index contributed by atoms with van der Waals surface area (Å²) in [6.07, 6.45) is 0. The summed E-state index contributed by atoms with van der Waals surface area (Å²) in [6, 6.07) is 14.1. The molecular formula is C17H19BrN2OS. The third kappa shape index (κ3) is 4.45. The van der Waals surface area contributed by atoms with Gasteiger partial charge in [0.25, 0.3) is 0 Å². The first kappa shape index (κ1) is 16.8. The zero-order valence-electron chi connectivity index (χ0n) is 12.8. The topological polar surface area (TPSA) is 33.3 Å². The van der Waals surface area contributed by atoms with Gasteiger partial charge in [0.15, 0.2) is 5.11 Å². The molecule has 0 saturated heterocycles. The van der Waals surface area contributed by atoms with Crippen molar-refractivity contribution in [2.45, 2.75) is 19.9 Å². The van der Waals surface area contributed by atoms with E-state index >= 15 is 0 Å². The second-order valence-electron chi connectivity index (χ2n) is 5.06. The first-order valence-electron chi connectivity index (χ1n) is 6.97. The Balaban J connectivity index is 1.96. The average molecular weight is 379 g/mol. The standard InChI is InChI=1S/C17H19BrN2OS/c1-11-10-14(6-9-16(11)18)20-17(22)19-12(2)13-4-7-15(21-3)8-5-13/h4-10,12H,1-3H3,(H2,19,20,22). The van der Waals surface area contributed by atoms with Gasteiger partial charge in [0, 0.05) is 10.2 Å². The van der Waals surface area contributed by atoms with E-state index in [1.54, 1.807) is 7.11 Å². The minimum atomic E-state index is 0.113. The Morgan fingerprint density at radius 2 is 1.86 bits per heavy atom. The van der Waals surface area contributed by atoms with Crippen LogP contribution in [-0.4, -0.2) is 12.2 Å². The summed E-state index contributed by atoms with van der Waals surface area (Å²) in [4.78, 5) is 0. The highest BCUT2D eigenvalue weighted by Crippen LogP contribution is 2.21. The number of benzene rings is 2. The summed E-state index contributed by atoms with van der Waals surface area (Å²) >= 11 is 8.87. The van der Waals surface area contributed by atoms with E-state index in [2.05, 4.69) is 39.6 Å². The number of hydrogen-bond acceptors (Lipinski definition) is 2. The van der Waals surface area contributed by atoms with E-state index in [-0.39, 0.29) is 6.04 Å². The minimum absolute atomic E-state index is 0.113. The van der Waals surface area contributed by atoms with Crippen LogP contribution in [-0.2, 0) is 0 Å². The van der Waals surface area contributed by atoms with Crippen molar-refractivity contribution in [2.24, 2.45) is 0 Å². The second-order valence-corrected chi connectivity index (χ2v) is 6.32. The SMILES string of the molecule is COc1ccc(C(C)NC(=S)Nc2ccc(Br)c(C)c2)cc1. The van der Waals surface area contributed by atoms with Gasteiger partial charge in [-0.05, 0) is 67.5 Å². The molecule has 2 aromatic carbocycles. The molecule has 0 bridgehead atoms. The first-order valence-corrected chi connectivity index (χ1v) is 8.17. The van der Waals surface area contributed by atoms with E-state index in [1.165, 1.54) is 0 Å². The van der Waals surface area contributed by atoms with Crippen LogP contribution < -0.4 is 15.4 Å². The lowest BCUT2D eigenvalue weighted by Gasteiger charge is -2.18. The quantitative estimate of drug-likeness (QED) is 0.747. The van der Waals surface area contributed by atoms with E-state index in [4.69, 9.17) is 17.0 Å². The van der Waals surface area contributed by atoms with Gasteiger partial charge in [0.1, 0.15) is 5.75 Å². The zero-order valence-corrected chi connectivity index (χ0v) is 15.2. The Kier molecular flexibility index (Phi) is 5.80. The van der Waals surface area contributed by atoms with E-state index in [0.29, 0.717) is 5.11 Å². The monoisotopic (exact) mass is 378 g/mol. The number of nitrogens with one attached hydrogen (secondary N) is 2. The molecule has 2 aromatic rings. The van der Waals surface area contributed by atoms with Crippen molar-refractivity contribution in [1.82, 2.24) is 5.32 Å². The molecular weight excluding hydrogens is 360 g/mol. The van der Waals surface area contributed by atoms with Crippen LogP contribution in [0.2, 0.25) is 0 Å². The number of anilines is 1. The smallest absolute Gasteiger partial charge is 0.171 e. The van der Waals surface area contributed by atoms with Crippen molar-refractivity contribution in [3.63, 3.8) is 0 Å². The van der Waals surface area contributed by atoms with Gasteiger partial charge in [-0.1, -0.05) is 28.1 Å². The molecule has 5 heteroatoms. The molecule has 0 fully saturated rings. The fourth-order valence-corrected chi connectivity index (χ4v) is 2.60. The predicted molar refractivity (Wildman–Crippen MR) is 99.6 cm³/mol. The molecule has 0 radical (unpaired) electrons. The third-order valence-corrected chi connectivity index (χ3v) is 4.49. The summed E-state index contributed by atoms with van der Waals surface area (Å²) in [5.74, 6) is 0.849. The van der Waals surface area contributed by atoms with Crippen molar-refractivity contribution in [3.05, 3.63) is 58.1 Å². The largest absolute Gasteiger partial charge is 0.497 e. The van der Waals surface area contributed by atoms with E-state index in [0.717, 1.165) is 27.0 Å². The number of hydrogen-bond donors (Lipinski definition) is 2. The Bertz CT molecular complexity index is 658. The molecule has 22 heavy (non-hydrogen) atoms. The van der Waals surface area contributed by atoms with Gasteiger partial charge >= 0.3 is 0 Å². The molecule has 2 rings (SSSR count). The number of halogens is 1. The van der Waals surface area contributed by atoms with Crippen molar-refractivity contribution in [1.29, 1.82) is 0 Å². The number of ether oxygens (including phenoxy) is 1. The molecule has 0 aromatic heterocycles. The van der Waals surface area contributed by atoms with Crippen molar-refractivity contribution >= 4 is 38.9 Å². The highest BCUT2D eigenvalue weighted by atomic mass is 79.9. The average Bonchev–Trinajstić information content (AvgIpc) is 2.51. The normalized spacial score (nSPS) is 11.6. The minimum Gasteiger partial charge on any atom is -0.497 e.